The highest BCUT2D eigenvalue weighted by atomic mass is 15.3. The summed E-state index contributed by atoms with van der Waals surface area (Å²) in [5, 5.41) is 7.76. The quantitative estimate of drug-likeness (QED) is 0.892. The largest absolute Gasteiger partial charge is 0.319 e. The summed E-state index contributed by atoms with van der Waals surface area (Å²) in [5.41, 5.74) is 6.37. The maximum Gasteiger partial charge on any atom is 0.0662 e. The average Bonchev–Trinajstić information content (AvgIpc) is 2.66. The van der Waals surface area contributed by atoms with Crippen LogP contribution in [0.1, 0.15) is 28.1 Å². The van der Waals surface area contributed by atoms with Gasteiger partial charge in [-0.25, -0.2) is 0 Å². The van der Waals surface area contributed by atoms with Gasteiger partial charge in [0.1, 0.15) is 0 Å². The van der Waals surface area contributed by atoms with Crippen LogP contribution in [0.25, 0.3) is 0 Å². The highest BCUT2D eigenvalue weighted by molar-refractivity contribution is 5.26. The fraction of sp³-hybridized carbons (Fsp3) is 0.438. The lowest BCUT2D eigenvalue weighted by atomic mass is 10.1. The molecule has 1 aromatic carbocycles. The summed E-state index contributed by atoms with van der Waals surface area (Å²) in [7, 11) is 1.99. The zero-order chi connectivity index (χ0) is 13.8. The van der Waals surface area contributed by atoms with Gasteiger partial charge in [0.15, 0.2) is 0 Å². The third kappa shape index (κ3) is 3.24. The summed E-state index contributed by atoms with van der Waals surface area (Å²) in [6.07, 6.45) is 1.08. The summed E-state index contributed by atoms with van der Waals surface area (Å²) in [6.45, 7) is 8.22. The molecule has 0 bridgehead atoms. The van der Waals surface area contributed by atoms with Gasteiger partial charge < -0.3 is 5.32 Å². The highest BCUT2D eigenvalue weighted by Gasteiger charge is 2.07. The Morgan fingerprint density at radius 3 is 2.21 bits per heavy atom. The molecule has 2 aromatic rings. The first kappa shape index (κ1) is 13.8. The summed E-state index contributed by atoms with van der Waals surface area (Å²) in [5.74, 6) is 0. The first-order chi connectivity index (χ1) is 9.11. The molecule has 0 aliphatic heterocycles. The molecule has 3 nitrogen and oxygen atoms in total. The zero-order valence-corrected chi connectivity index (χ0v) is 12.3. The Kier molecular flexibility index (Phi) is 4.38. The third-order valence-corrected chi connectivity index (χ3v) is 3.76. The van der Waals surface area contributed by atoms with Crippen LogP contribution in [-0.4, -0.2) is 23.4 Å². The molecule has 2 rings (SSSR count). The van der Waals surface area contributed by atoms with E-state index in [1.54, 1.807) is 0 Å². The molecule has 3 heteroatoms. The first-order valence-electron chi connectivity index (χ1n) is 6.85. The molecule has 19 heavy (non-hydrogen) atoms. The number of nitrogens with zero attached hydrogens (tertiary/aromatic N) is 2. The minimum absolute atomic E-state index is 0.854. The minimum atomic E-state index is 0.854. The van der Waals surface area contributed by atoms with Crippen LogP contribution in [0.5, 0.6) is 0 Å². The van der Waals surface area contributed by atoms with Crippen molar-refractivity contribution in [2.24, 2.45) is 0 Å². The van der Waals surface area contributed by atoms with Crippen LogP contribution in [0.3, 0.4) is 0 Å². The van der Waals surface area contributed by atoms with Crippen LogP contribution >= 0.6 is 0 Å². The monoisotopic (exact) mass is 257 g/mol. The summed E-state index contributed by atoms with van der Waals surface area (Å²) < 4.78 is 2.09. The van der Waals surface area contributed by atoms with Crippen molar-refractivity contribution in [3.63, 3.8) is 0 Å². The topological polar surface area (TPSA) is 29.9 Å². The average molecular weight is 257 g/mol. The number of hydrogen-bond acceptors (Lipinski definition) is 2. The molecule has 102 valence electrons. The van der Waals surface area contributed by atoms with Crippen LogP contribution in [0, 0.1) is 20.8 Å². The highest BCUT2D eigenvalue weighted by Crippen LogP contribution is 2.13. The molecule has 0 amide bonds. The lowest BCUT2D eigenvalue weighted by molar-refractivity contribution is 0.658. The standard InChI is InChI=1S/C16H23N3/c1-12-13(2)18-19(14(12)3)11-16-7-5-15(6-8-16)9-10-17-4/h5-8,17H,9-11H2,1-4H3. The molecule has 1 N–H and O–H groups in total. The Labute approximate surface area is 115 Å². The normalized spacial score (nSPS) is 10.9. The predicted octanol–water partition coefficient (Wildman–Crippen LogP) is 2.62. The van der Waals surface area contributed by atoms with E-state index in [4.69, 9.17) is 0 Å². The minimum Gasteiger partial charge on any atom is -0.319 e. The molecular weight excluding hydrogens is 234 g/mol. The molecule has 0 unspecified atom stereocenters. The Bertz CT molecular complexity index is 538. The molecular formula is C16H23N3. The van der Waals surface area contributed by atoms with Crippen LogP contribution in [0.2, 0.25) is 0 Å². The van der Waals surface area contributed by atoms with E-state index in [9.17, 15) is 0 Å². The fourth-order valence-corrected chi connectivity index (χ4v) is 2.19. The van der Waals surface area contributed by atoms with Crippen molar-refractivity contribution in [1.29, 1.82) is 0 Å². The number of likely N-dealkylation sites (N-methyl/N-ethyl adjacent to an activating group) is 1. The summed E-state index contributed by atoms with van der Waals surface area (Å²) in [6, 6.07) is 8.84. The van der Waals surface area contributed by atoms with E-state index in [0.717, 1.165) is 25.2 Å². The Hall–Kier alpha value is -1.61. The van der Waals surface area contributed by atoms with E-state index < -0.39 is 0 Å². The smallest absolute Gasteiger partial charge is 0.0662 e. The zero-order valence-electron chi connectivity index (χ0n) is 12.3. The van der Waals surface area contributed by atoms with Crippen molar-refractivity contribution in [3.8, 4) is 0 Å². The van der Waals surface area contributed by atoms with Crippen molar-refractivity contribution in [2.75, 3.05) is 13.6 Å². The van der Waals surface area contributed by atoms with Gasteiger partial charge in [-0.2, -0.15) is 5.10 Å². The van der Waals surface area contributed by atoms with Gasteiger partial charge in [-0.05, 0) is 57.5 Å². The maximum atomic E-state index is 4.58. The second-order valence-corrected chi connectivity index (χ2v) is 5.12. The van der Waals surface area contributed by atoms with E-state index in [1.165, 1.54) is 22.4 Å². The van der Waals surface area contributed by atoms with Crippen molar-refractivity contribution in [3.05, 3.63) is 52.3 Å². The van der Waals surface area contributed by atoms with E-state index in [2.05, 4.69) is 60.1 Å². The van der Waals surface area contributed by atoms with E-state index >= 15 is 0 Å². The predicted molar refractivity (Wildman–Crippen MR) is 79.6 cm³/mol. The summed E-state index contributed by atoms with van der Waals surface area (Å²) >= 11 is 0. The fourth-order valence-electron chi connectivity index (χ4n) is 2.19. The van der Waals surface area contributed by atoms with Crippen LogP contribution < -0.4 is 5.32 Å². The molecule has 1 heterocycles. The molecule has 0 fully saturated rings. The number of benzene rings is 1. The van der Waals surface area contributed by atoms with Gasteiger partial charge in [0.2, 0.25) is 0 Å². The Balaban J connectivity index is 2.08. The van der Waals surface area contributed by atoms with Crippen LogP contribution in [0.15, 0.2) is 24.3 Å². The molecule has 0 aliphatic rings. The SMILES string of the molecule is CNCCc1ccc(Cn2nc(C)c(C)c2C)cc1. The lowest BCUT2D eigenvalue weighted by Crippen LogP contribution is -2.10. The second-order valence-electron chi connectivity index (χ2n) is 5.12. The molecule has 0 spiro atoms. The number of aromatic nitrogens is 2. The van der Waals surface area contributed by atoms with E-state index in [1.807, 2.05) is 7.05 Å². The van der Waals surface area contributed by atoms with Gasteiger partial charge >= 0.3 is 0 Å². The van der Waals surface area contributed by atoms with Gasteiger partial charge in [-0.1, -0.05) is 24.3 Å². The van der Waals surface area contributed by atoms with Crippen LogP contribution in [0.4, 0.5) is 0 Å². The first-order valence-corrected chi connectivity index (χ1v) is 6.85. The number of nitrogens with one attached hydrogen (secondary N) is 1. The molecule has 0 atom stereocenters. The molecule has 0 aliphatic carbocycles. The lowest BCUT2D eigenvalue weighted by Gasteiger charge is -2.06. The molecule has 0 saturated carbocycles. The number of hydrogen-bond donors (Lipinski definition) is 1. The van der Waals surface area contributed by atoms with Crippen molar-refractivity contribution >= 4 is 0 Å². The summed E-state index contributed by atoms with van der Waals surface area (Å²) in [4.78, 5) is 0. The Morgan fingerprint density at radius 2 is 1.68 bits per heavy atom. The van der Waals surface area contributed by atoms with Gasteiger partial charge in [-0.15, -0.1) is 0 Å². The van der Waals surface area contributed by atoms with Crippen molar-refractivity contribution in [2.45, 2.75) is 33.7 Å². The number of aryl methyl sites for hydroxylation is 1. The Morgan fingerprint density at radius 1 is 1.05 bits per heavy atom. The third-order valence-electron chi connectivity index (χ3n) is 3.76. The maximum absolute atomic E-state index is 4.58. The molecule has 1 aromatic heterocycles. The van der Waals surface area contributed by atoms with E-state index in [-0.39, 0.29) is 0 Å². The van der Waals surface area contributed by atoms with Gasteiger partial charge in [0.05, 0.1) is 12.2 Å². The van der Waals surface area contributed by atoms with Gasteiger partial charge in [0.25, 0.3) is 0 Å². The molecule has 0 radical (unpaired) electrons. The van der Waals surface area contributed by atoms with E-state index in [0.29, 0.717) is 0 Å². The number of rotatable bonds is 5. The van der Waals surface area contributed by atoms with Crippen LogP contribution in [-0.2, 0) is 13.0 Å². The second kappa shape index (κ2) is 6.02. The van der Waals surface area contributed by atoms with Crippen molar-refractivity contribution in [1.82, 2.24) is 15.1 Å². The molecule has 0 saturated heterocycles. The van der Waals surface area contributed by atoms with Crippen molar-refractivity contribution < 1.29 is 0 Å². The van der Waals surface area contributed by atoms with Gasteiger partial charge in [0, 0.05) is 5.69 Å². The van der Waals surface area contributed by atoms with Gasteiger partial charge in [-0.3, -0.25) is 4.68 Å².